The molecule has 3 radical (unpaired) electrons. The van der Waals surface area contributed by atoms with E-state index in [2.05, 4.69) is 36.1 Å². The van der Waals surface area contributed by atoms with Gasteiger partial charge < -0.3 is 4.43 Å². The standard InChI is InChI=1S/C11H13OSi/c1-8-6-4-5-7-11(8)9(2)10(3)12-13/h4-7,10H,2H2,1,3H3. The number of aryl methyl sites for hydroxylation is 1. The van der Waals surface area contributed by atoms with Gasteiger partial charge in [0.1, 0.15) is 0 Å². The first-order valence-electron chi connectivity index (χ1n) is 4.24. The van der Waals surface area contributed by atoms with Gasteiger partial charge in [0.2, 0.25) is 10.5 Å². The molecule has 67 valence electrons. The van der Waals surface area contributed by atoms with Crippen LogP contribution in [0.15, 0.2) is 30.8 Å². The Morgan fingerprint density at radius 3 is 2.62 bits per heavy atom. The zero-order valence-corrected chi connectivity index (χ0v) is 9.00. The summed E-state index contributed by atoms with van der Waals surface area (Å²) in [5.41, 5.74) is 3.38. The quantitative estimate of drug-likeness (QED) is 0.664. The van der Waals surface area contributed by atoms with Crippen LogP contribution in [-0.2, 0) is 4.43 Å². The van der Waals surface area contributed by atoms with E-state index in [0.29, 0.717) is 0 Å². The summed E-state index contributed by atoms with van der Waals surface area (Å²) in [6.07, 6.45) is -0.00207. The molecule has 0 fully saturated rings. The van der Waals surface area contributed by atoms with Gasteiger partial charge in [-0.2, -0.15) is 0 Å². The van der Waals surface area contributed by atoms with Gasteiger partial charge in [-0.25, -0.2) is 0 Å². The summed E-state index contributed by atoms with van der Waals surface area (Å²) >= 11 is 0. The van der Waals surface area contributed by atoms with E-state index in [1.807, 2.05) is 19.1 Å². The Morgan fingerprint density at radius 1 is 1.46 bits per heavy atom. The monoisotopic (exact) mass is 189 g/mol. The molecule has 0 saturated heterocycles. The molecule has 2 heteroatoms. The van der Waals surface area contributed by atoms with Gasteiger partial charge in [-0.1, -0.05) is 30.8 Å². The van der Waals surface area contributed by atoms with Gasteiger partial charge in [0.25, 0.3) is 0 Å². The van der Waals surface area contributed by atoms with E-state index >= 15 is 0 Å². The van der Waals surface area contributed by atoms with E-state index in [9.17, 15) is 0 Å². The predicted octanol–water partition coefficient (Wildman–Crippen LogP) is 2.50. The normalized spacial score (nSPS) is 12.5. The molecule has 0 heterocycles. The lowest BCUT2D eigenvalue weighted by molar-refractivity contribution is 0.307. The molecule has 13 heavy (non-hydrogen) atoms. The summed E-state index contributed by atoms with van der Waals surface area (Å²) in [6, 6.07) is 8.15. The van der Waals surface area contributed by atoms with Crippen LogP contribution < -0.4 is 0 Å². The lowest BCUT2D eigenvalue weighted by atomic mass is 9.99. The zero-order valence-electron chi connectivity index (χ0n) is 8.00. The molecule has 0 aliphatic heterocycles. The Bertz CT molecular complexity index is 307. The Labute approximate surface area is 83.0 Å². The minimum absolute atomic E-state index is 0.00207. The average Bonchev–Trinajstić information content (AvgIpc) is 2.16. The molecule has 0 amide bonds. The molecular weight excluding hydrogens is 176 g/mol. The summed E-state index contributed by atoms with van der Waals surface area (Å²) < 4.78 is 5.03. The van der Waals surface area contributed by atoms with Crippen LogP contribution in [-0.4, -0.2) is 16.6 Å². The fraction of sp³-hybridized carbons (Fsp3) is 0.273. The van der Waals surface area contributed by atoms with Crippen molar-refractivity contribution in [1.82, 2.24) is 0 Å². The number of rotatable bonds is 3. The summed E-state index contributed by atoms with van der Waals surface area (Å²) in [7, 11) is 3.02. The van der Waals surface area contributed by atoms with Crippen molar-refractivity contribution in [2.45, 2.75) is 20.0 Å². The number of hydrogen-bond donors (Lipinski definition) is 0. The van der Waals surface area contributed by atoms with Gasteiger partial charge in [0.05, 0.1) is 6.10 Å². The first-order valence-corrected chi connectivity index (χ1v) is 4.65. The minimum atomic E-state index is -0.00207. The van der Waals surface area contributed by atoms with Gasteiger partial charge in [0, 0.05) is 0 Å². The Kier molecular flexibility index (Phi) is 3.45. The molecule has 0 aromatic heterocycles. The smallest absolute Gasteiger partial charge is 0.247 e. The third-order valence-electron chi connectivity index (χ3n) is 2.16. The highest BCUT2D eigenvalue weighted by molar-refractivity contribution is 5.98. The molecule has 1 nitrogen and oxygen atoms in total. The van der Waals surface area contributed by atoms with Crippen LogP contribution in [0.4, 0.5) is 0 Å². The minimum Gasteiger partial charge on any atom is -0.412 e. The van der Waals surface area contributed by atoms with Gasteiger partial charge in [0.15, 0.2) is 0 Å². The third-order valence-corrected chi connectivity index (χ3v) is 2.51. The molecule has 1 aromatic carbocycles. The number of hydrogen-bond acceptors (Lipinski definition) is 1. The Morgan fingerprint density at radius 2 is 2.08 bits per heavy atom. The van der Waals surface area contributed by atoms with Crippen molar-refractivity contribution in [3.8, 4) is 0 Å². The third kappa shape index (κ3) is 2.29. The van der Waals surface area contributed by atoms with Crippen LogP contribution in [0.1, 0.15) is 18.1 Å². The molecule has 1 rings (SSSR count). The van der Waals surface area contributed by atoms with E-state index in [1.165, 1.54) is 5.56 Å². The molecule has 0 aliphatic rings. The van der Waals surface area contributed by atoms with Crippen LogP contribution in [0.2, 0.25) is 0 Å². The summed E-state index contributed by atoms with van der Waals surface area (Å²) in [5.74, 6) is 0. The van der Waals surface area contributed by atoms with E-state index in [-0.39, 0.29) is 6.10 Å². The molecular formula is C11H13OSi. The van der Waals surface area contributed by atoms with Crippen LogP contribution in [0.25, 0.3) is 5.57 Å². The highest BCUT2D eigenvalue weighted by atomic mass is 28.2. The van der Waals surface area contributed by atoms with Crippen molar-refractivity contribution in [3.63, 3.8) is 0 Å². The topological polar surface area (TPSA) is 9.23 Å². The van der Waals surface area contributed by atoms with Crippen LogP contribution >= 0.6 is 0 Å². The van der Waals surface area contributed by atoms with Gasteiger partial charge in [-0.15, -0.1) is 0 Å². The molecule has 1 aromatic rings. The largest absolute Gasteiger partial charge is 0.412 e. The first-order chi connectivity index (χ1) is 6.16. The van der Waals surface area contributed by atoms with Crippen LogP contribution in [0, 0.1) is 6.92 Å². The zero-order chi connectivity index (χ0) is 9.84. The maximum Gasteiger partial charge on any atom is 0.247 e. The second-order valence-corrected chi connectivity index (χ2v) is 3.34. The van der Waals surface area contributed by atoms with Crippen molar-refractivity contribution < 1.29 is 4.43 Å². The molecule has 0 aliphatic carbocycles. The first kappa shape index (κ1) is 10.2. The summed E-state index contributed by atoms with van der Waals surface area (Å²) in [4.78, 5) is 0. The molecule has 1 unspecified atom stereocenters. The average molecular weight is 189 g/mol. The fourth-order valence-electron chi connectivity index (χ4n) is 1.22. The Balaban J connectivity index is 2.95. The lowest BCUT2D eigenvalue weighted by Gasteiger charge is -2.15. The van der Waals surface area contributed by atoms with E-state index in [0.717, 1.165) is 11.1 Å². The number of benzene rings is 1. The van der Waals surface area contributed by atoms with E-state index < -0.39 is 0 Å². The maximum atomic E-state index is 5.03. The SMILES string of the molecule is C=C(c1ccccc1C)C(C)O[Si]. The van der Waals surface area contributed by atoms with Crippen molar-refractivity contribution in [2.24, 2.45) is 0 Å². The molecule has 1 atom stereocenters. The second kappa shape index (κ2) is 4.39. The highest BCUT2D eigenvalue weighted by Crippen LogP contribution is 2.20. The Hall–Kier alpha value is -0.863. The maximum absolute atomic E-state index is 5.03. The lowest BCUT2D eigenvalue weighted by Crippen LogP contribution is -2.08. The molecule has 0 saturated carbocycles. The van der Waals surface area contributed by atoms with Crippen molar-refractivity contribution in [2.75, 3.05) is 0 Å². The van der Waals surface area contributed by atoms with Crippen molar-refractivity contribution in [1.29, 1.82) is 0 Å². The highest BCUT2D eigenvalue weighted by Gasteiger charge is 2.08. The van der Waals surface area contributed by atoms with Gasteiger partial charge in [-0.05, 0) is 30.5 Å². The van der Waals surface area contributed by atoms with Gasteiger partial charge >= 0.3 is 0 Å². The molecule has 0 N–H and O–H groups in total. The van der Waals surface area contributed by atoms with Crippen molar-refractivity contribution in [3.05, 3.63) is 42.0 Å². The second-order valence-electron chi connectivity index (χ2n) is 3.10. The van der Waals surface area contributed by atoms with Gasteiger partial charge in [-0.3, -0.25) is 0 Å². The van der Waals surface area contributed by atoms with Crippen LogP contribution in [0.5, 0.6) is 0 Å². The van der Waals surface area contributed by atoms with Crippen molar-refractivity contribution >= 4 is 16.1 Å². The fourth-order valence-corrected chi connectivity index (χ4v) is 1.37. The molecule has 0 spiro atoms. The molecule has 0 bridgehead atoms. The summed E-state index contributed by atoms with van der Waals surface area (Å²) in [5, 5.41) is 0. The van der Waals surface area contributed by atoms with Crippen LogP contribution in [0.3, 0.4) is 0 Å². The van der Waals surface area contributed by atoms with E-state index in [4.69, 9.17) is 4.43 Å². The van der Waals surface area contributed by atoms with E-state index in [1.54, 1.807) is 0 Å². The summed E-state index contributed by atoms with van der Waals surface area (Å²) in [6.45, 7) is 8.03. The predicted molar refractivity (Wildman–Crippen MR) is 56.5 cm³/mol.